The van der Waals surface area contributed by atoms with Crippen molar-refractivity contribution < 1.29 is 9.13 Å². The van der Waals surface area contributed by atoms with Gasteiger partial charge in [0.25, 0.3) is 0 Å². The van der Waals surface area contributed by atoms with Crippen LogP contribution in [-0.2, 0) is 4.74 Å². The van der Waals surface area contributed by atoms with Crippen molar-refractivity contribution in [2.75, 3.05) is 26.3 Å². The van der Waals surface area contributed by atoms with Crippen molar-refractivity contribution in [3.63, 3.8) is 0 Å². The van der Waals surface area contributed by atoms with E-state index in [0.717, 1.165) is 12.1 Å². The molecular formula is C13H18ClFN2O. The van der Waals surface area contributed by atoms with E-state index < -0.39 is 0 Å². The van der Waals surface area contributed by atoms with Crippen LogP contribution >= 0.6 is 11.6 Å². The average Bonchev–Trinajstić information content (AvgIpc) is 2.31. The molecule has 0 bridgehead atoms. The number of benzene rings is 1. The molecule has 1 saturated heterocycles. The number of hydrogen-bond acceptors (Lipinski definition) is 3. The number of halogens is 2. The van der Waals surface area contributed by atoms with Gasteiger partial charge in [0.15, 0.2) is 0 Å². The zero-order valence-corrected chi connectivity index (χ0v) is 11.2. The second-order valence-electron chi connectivity index (χ2n) is 4.62. The van der Waals surface area contributed by atoms with Gasteiger partial charge in [-0.2, -0.15) is 0 Å². The minimum Gasteiger partial charge on any atom is -0.379 e. The predicted octanol–water partition coefficient (Wildman–Crippen LogP) is 2.20. The summed E-state index contributed by atoms with van der Waals surface area (Å²) in [5.74, 6) is -0.322. The second-order valence-corrected chi connectivity index (χ2v) is 5.05. The Labute approximate surface area is 112 Å². The van der Waals surface area contributed by atoms with Gasteiger partial charge >= 0.3 is 0 Å². The first-order valence-corrected chi connectivity index (χ1v) is 6.49. The first-order valence-electron chi connectivity index (χ1n) is 6.11. The fourth-order valence-corrected chi connectivity index (χ4v) is 2.66. The molecule has 1 aromatic rings. The molecule has 0 saturated carbocycles. The van der Waals surface area contributed by atoms with Crippen molar-refractivity contribution in [1.29, 1.82) is 0 Å². The van der Waals surface area contributed by atoms with Gasteiger partial charge in [0.2, 0.25) is 0 Å². The molecule has 0 aliphatic carbocycles. The summed E-state index contributed by atoms with van der Waals surface area (Å²) in [7, 11) is 0. The SMILES string of the molecule is CC1COCCN1C(CN)c1cc(F)cc(Cl)c1. The van der Waals surface area contributed by atoms with Gasteiger partial charge < -0.3 is 10.5 Å². The van der Waals surface area contributed by atoms with E-state index in [0.29, 0.717) is 24.8 Å². The highest BCUT2D eigenvalue weighted by Gasteiger charge is 2.27. The molecular weight excluding hydrogens is 255 g/mol. The summed E-state index contributed by atoms with van der Waals surface area (Å²) in [5.41, 5.74) is 6.68. The molecule has 3 nitrogen and oxygen atoms in total. The van der Waals surface area contributed by atoms with E-state index in [4.69, 9.17) is 22.1 Å². The van der Waals surface area contributed by atoms with Crippen molar-refractivity contribution in [1.82, 2.24) is 4.90 Å². The molecule has 0 amide bonds. The molecule has 1 aliphatic heterocycles. The zero-order valence-electron chi connectivity index (χ0n) is 10.4. The molecule has 100 valence electrons. The topological polar surface area (TPSA) is 38.5 Å². The molecule has 1 fully saturated rings. The molecule has 0 radical (unpaired) electrons. The summed E-state index contributed by atoms with van der Waals surface area (Å²) in [6.07, 6.45) is 0. The predicted molar refractivity (Wildman–Crippen MR) is 70.2 cm³/mol. The molecule has 1 aliphatic rings. The lowest BCUT2D eigenvalue weighted by Crippen LogP contribution is -2.47. The average molecular weight is 273 g/mol. The van der Waals surface area contributed by atoms with Gasteiger partial charge in [-0.15, -0.1) is 0 Å². The van der Waals surface area contributed by atoms with E-state index in [-0.39, 0.29) is 17.9 Å². The maximum Gasteiger partial charge on any atom is 0.125 e. The molecule has 1 heterocycles. The minimum atomic E-state index is -0.322. The molecule has 2 N–H and O–H groups in total. The van der Waals surface area contributed by atoms with Crippen LogP contribution in [0.4, 0.5) is 4.39 Å². The van der Waals surface area contributed by atoms with Gasteiger partial charge in [0, 0.05) is 30.2 Å². The summed E-state index contributed by atoms with van der Waals surface area (Å²) in [5, 5.41) is 0.407. The number of rotatable bonds is 3. The Morgan fingerprint density at radius 1 is 1.56 bits per heavy atom. The summed E-state index contributed by atoms with van der Waals surface area (Å²) < 4.78 is 18.8. The highest BCUT2D eigenvalue weighted by molar-refractivity contribution is 6.30. The number of ether oxygens (including phenoxy) is 1. The Kier molecular flexibility index (Phi) is 4.56. The fourth-order valence-electron chi connectivity index (χ4n) is 2.43. The van der Waals surface area contributed by atoms with Gasteiger partial charge in [-0.25, -0.2) is 4.39 Å². The Morgan fingerprint density at radius 3 is 2.94 bits per heavy atom. The third kappa shape index (κ3) is 3.01. The standard InChI is InChI=1S/C13H18ClFN2O/c1-9-8-18-3-2-17(9)13(7-16)10-4-11(14)6-12(15)5-10/h4-6,9,13H,2-3,7-8,16H2,1H3. The van der Waals surface area contributed by atoms with Crippen LogP contribution < -0.4 is 5.73 Å². The van der Waals surface area contributed by atoms with E-state index >= 15 is 0 Å². The van der Waals surface area contributed by atoms with Crippen LogP contribution in [0.15, 0.2) is 18.2 Å². The highest BCUT2D eigenvalue weighted by atomic mass is 35.5. The number of nitrogens with zero attached hydrogens (tertiary/aromatic N) is 1. The number of nitrogens with two attached hydrogens (primary N) is 1. The van der Waals surface area contributed by atoms with Crippen molar-refractivity contribution in [3.8, 4) is 0 Å². The monoisotopic (exact) mass is 272 g/mol. The Hall–Kier alpha value is -0.680. The molecule has 2 unspecified atom stereocenters. The molecule has 0 spiro atoms. The van der Waals surface area contributed by atoms with E-state index in [1.54, 1.807) is 6.07 Å². The lowest BCUT2D eigenvalue weighted by Gasteiger charge is -2.39. The fraction of sp³-hybridized carbons (Fsp3) is 0.538. The van der Waals surface area contributed by atoms with Crippen LogP contribution in [0.3, 0.4) is 0 Å². The molecule has 2 atom stereocenters. The lowest BCUT2D eigenvalue weighted by molar-refractivity contribution is -0.0209. The zero-order chi connectivity index (χ0) is 13.1. The summed E-state index contributed by atoms with van der Waals surface area (Å²) >= 11 is 5.90. The maximum absolute atomic E-state index is 13.4. The van der Waals surface area contributed by atoms with Crippen LogP contribution in [-0.4, -0.2) is 37.2 Å². The van der Waals surface area contributed by atoms with Crippen LogP contribution in [0.25, 0.3) is 0 Å². The van der Waals surface area contributed by atoms with Gasteiger partial charge in [-0.1, -0.05) is 11.6 Å². The third-order valence-electron chi connectivity index (χ3n) is 3.31. The molecule has 0 aromatic heterocycles. The normalized spacial score (nSPS) is 23.0. The van der Waals surface area contributed by atoms with Crippen LogP contribution in [0.5, 0.6) is 0 Å². The van der Waals surface area contributed by atoms with Crippen LogP contribution in [0, 0.1) is 5.82 Å². The Balaban J connectivity index is 2.26. The van der Waals surface area contributed by atoms with Gasteiger partial charge in [-0.3, -0.25) is 4.90 Å². The highest BCUT2D eigenvalue weighted by Crippen LogP contribution is 2.26. The minimum absolute atomic E-state index is 0.0166. The first kappa shape index (κ1) is 13.7. The molecule has 5 heteroatoms. The molecule has 2 rings (SSSR count). The van der Waals surface area contributed by atoms with Crippen molar-refractivity contribution in [3.05, 3.63) is 34.6 Å². The second kappa shape index (κ2) is 5.97. The van der Waals surface area contributed by atoms with Crippen molar-refractivity contribution >= 4 is 11.6 Å². The van der Waals surface area contributed by atoms with Gasteiger partial charge in [0.05, 0.1) is 13.2 Å². The van der Waals surface area contributed by atoms with E-state index in [1.165, 1.54) is 12.1 Å². The summed E-state index contributed by atoms with van der Waals surface area (Å²) in [6, 6.07) is 4.85. The van der Waals surface area contributed by atoms with E-state index in [1.807, 2.05) is 0 Å². The third-order valence-corrected chi connectivity index (χ3v) is 3.53. The van der Waals surface area contributed by atoms with Crippen molar-refractivity contribution in [2.24, 2.45) is 5.73 Å². The smallest absolute Gasteiger partial charge is 0.125 e. The lowest BCUT2D eigenvalue weighted by atomic mass is 10.0. The Bertz CT molecular complexity index is 396. The first-order chi connectivity index (χ1) is 8.61. The quantitative estimate of drug-likeness (QED) is 0.917. The summed E-state index contributed by atoms with van der Waals surface area (Å²) in [6.45, 7) is 4.69. The maximum atomic E-state index is 13.4. The van der Waals surface area contributed by atoms with Crippen LogP contribution in [0.2, 0.25) is 5.02 Å². The van der Waals surface area contributed by atoms with Crippen LogP contribution in [0.1, 0.15) is 18.5 Å². The Morgan fingerprint density at radius 2 is 2.33 bits per heavy atom. The van der Waals surface area contributed by atoms with Gasteiger partial charge in [-0.05, 0) is 30.7 Å². The van der Waals surface area contributed by atoms with E-state index in [9.17, 15) is 4.39 Å². The number of morpholine rings is 1. The van der Waals surface area contributed by atoms with E-state index in [2.05, 4.69) is 11.8 Å². The summed E-state index contributed by atoms with van der Waals surface area (Å²) in [4.78, 5) is 2.24. The van der Waals surface area contributed by atoms with Gasteiger partial charge in [0.1, 0.15) is 5.82 Å². The molecule has 18 heavy (non-hydrogen) atoms. The number of hydrogen-bond donors (Lipinski definition) is 1. The largest absolute Gasteiger partial charge is 0.379 e. The molecule has 1 aromatic carbocycles. The van der Waals surface area contributed by atoms with Crippen molar-refractivity contribution in [2.45, 2.75) is 19.0 Å².